The van der Waals surface area contributed by atoms with E-state index in [-0.39, 0.29) is 11.4 Å². The number of hydrogen-bond donors (Lipinski definition) is 2. The number of rotatable bonds is 2. The van der Waals surface area contributed by atoms with E-state index >= 15 is 0 Å². The van der Waals surface area contributed by atoms with Crippen LogP contribution in [-0.2, 0) is 10.0 Å². The highest BCUT2D eigenvalue weighted by molar-refractivity contribution is 8.15. The zero-order valence-corrected chi connectivity index (χ0v) is 15.4. The molecule has 0 atom stereocenters. The number of aromatic nitrogens is 1. The molecule has 2 amide bonds. The van der Waals surface area contributed by atoms with Gasteiger partial charge in [0.05, 0.1) is 11.4 Å². The molecule has 1 aromatic heterocycles. The van der Waals surface area contributed by atoms with E-state index in [1.54, 1.807) is 30.3 Å². The van der Waals surface area contributed by atoms with Gasteiger partial charge in [-0.3, -0.25) is 25.4 Å². The van der Waals surface area contributed by atoms with Crippen LogP contribution in [0.15, 0.2) is 51.9 Å². The lowest BCUT2D eigenvalue weighted by atomic mass is 10.2. The van der Waals surface area contributed by atoms with Crippen LogP contribution in [0.4, 0.5) is 5.69 Å². The first-order valence-corrected chi connectivity index (χ1v) is 10.3. The molecule has 27 heavy (non-hydrogen) atoms. The van der Waals surface area contributed by atoms with Crippen molar-refractivity contribution < 1.29 is 18.0 Å². The summed E-state index contributed by atoms with van der Waals surface area (Å²) in [5, 5.41) is 0.386. The van der Waals surface area contributed by atoms with Gasteiger partial charge in [-0.15, -0.1) is 4.40 Å². The third-order valence-electron chi connectivity index (χ3n) is 3.92. The summed E-state index contributed by atoms with van der Waals surface area (Å²) in [4.78, 5) is 30.7. The van der Waals surface area contributed by atoms with E-state index in [1.807, 2.05) is 4.90 Å². The number of anilines is 1. The van der Waals surface area contributed by atoms with Gasteiger partial charge in [0.1, 0.15) is 5.69 Å². The molecule has 0 spiro atoms. The highest BCUT2D eigenvalue weighted by atomic mass is 32.2. The average Bonchev–Trinajstić information content (AvgIpc) is 3.01. The monoisotopic (exact) mass is 403 g/mol. The van der Waals surface area contributed by atoms with Crippen molar-refractivity contribution in [2.75, 3.05) is 17.2 Å². The molecule has 0 bridgehead atoms. The fourth-order valence-corrected chi connectivity index (χ4v) is 4.91. The molecule has 0 aliphatic carbocycles. The van der Waals surface area contributed by atoms with Gasteiger partial charge in [-0.05, 0) is 42.1 Å². The number of hydrazine groups is 1. The first kappa shape index (κ1) is 17.5. The van der Waals surface area contributed by atoms with Crippen LogP contribution in [0.1, 0.15) is 20.8 Å². The van der Waals surface area contributed by atoms with E-state index in [0.717, 1.165) is 10.6 Å². The number of carbonyl (C=O) groups excluding carboxylic acids is 2. The molecular formula is C16H13N5O4S2. The second kappa shape index (κ2) is 6.67. The standard InChI is InChI=1S/C16H13N5O4S2/c22-14(18-19-15(23)11-3-1-2-6-17-11)10-4-5-12-13(9-10)26-16-20-27(24,25)8-7-21(12)16/h1-6,9H,7-8H2,(H,18,22)(H,19,23). The second-order valence-electron chi connectivity index (χ2n) is 5.72. The quantitative estimate of drug-likeness (QED) is 0.711. The van der Waals surface area contributed by atoms with Crippen molar-refractivity contribution in [3.05, 3.63) is 53.9 Å². The molecule has 0 saturated carbocycles. The van der Waals surface area contributed by atoms with Gasteiger partial charge >= 0.3 is 0 Å². The lowest BCUT2D eigenvalue weighted by molar-refractivity contribution is 0.0844. The molecule has 138 valence electrons. The topological polar surface area (TPSA) is 121 Å². The van der Waals surface area contributed by atoms with Crippen molar-refractivity contribution in [2.24, 2.45) is 4.40 Å². The predicted molar refractivity (Wildman–Crippen MR) is 100 cm³/mol. The zero-order valence-electron chi connectivity index (χ0n) is 13.7. The van der Waals surface area contributed by atoms with Gasteiger partial charge in [-0.25, -0.2) is 8.42 Å². The molecule has 0 saturated heterocycles. The van der Waals surface area contributed by atoms with E-state index in [1.165, 1.54) is 24.0 Å². The van der Waals surface area contributed by atoms with E-state index < -0.39 is 21.8 Å². The van der Waals surface area contributed by atoms with Crippen LogP contribution in [0.5, 0.6) is 0 Å². The lowest BCUT2D eigenvalue weighted by Gasteiger charge is -2.22. The van der Waals surface area contributed by atoms with E-state index in [2.05, 4.69) is 20.2 Å². The summed E-state index contributed by atoms with van der Waals surface area (Å²) >= 11 is 1.19. The summed E-state index contributed by atoms with van der Waals surface area (Å²) in [5.74, 6) is -1.07. The average molecular weight is 403 g/mol. The maximum Gasteiger partial charge on any atom is 0.288 e. The maximum absolute atomic E-state index is 12.3. The Morgan fingerprint density at radius 3 is 2.70 bits per heavy atom. The molecule has 11 heteroatoms. The summed E-state index contributed by atoms with van der Waals surface area (Å²) in [6.07, 6.45) is 1.48. The van der Waals surface area contributed by atoms with Crippen molar-refractivity contribution in [1.29, 1.82) is 0 Å². The van der Waals surface area contributed by atoms with E-state index in [9.17, 15) is 18.0 Å². The molecule has 1 aromatic carbocycles. The lowest BCUT2D eigenvalue weighted by Crippen LogP contribution is -2.41. The van der Waals surface area contributed by atoms with Gasteiger partial charge in [0.25, 0.3) is 21.8 Å². The van der Waals surface area contributed by atoms with Crippen LogP contribution in [0.2, 0.25) is 0 Å². The largest absolute Gasteiger partial charge is 0.318 e. The van der Waals surface area contributed by atoms with Gasteiger partial charge < -0.3 is 4.90 Å². The number of hydrogen-bond acceptors (Lipinski definition) is 7. The van der Waals surface area contributed by atoms with Crippen molar-refractivity contribution in [3.8, 4) is 0 Å². The fourth-order valence-electron chi connectivity index (χ4n) is 2.62. The van der Waals surface area contributed by atoms with Gasteiger partial charge in [0.2, 0.25) is 0 Å². The highest BCUT2D eigenvalue weighted by Crippen LogP contribution is 2.42. The molecule has 0 unspecified atom stereocenters. The normalized spacial score (nSPS) is 16.7. The number of sulfonamides is 1. The van der Waals surface area contributed by atoms with Crippen LogP contribution in [0, 0.1) is 0 Å². The zero-order chi connectivity index (χ0) is 19.0. The van der Waals surface area contributed by atoms with E-state index in [0.29, 0.717) is 17.3 Å². The van der Waals surface area contributed by atoms with Gasteiger partial charge in [0.15, 0.2) is 5.17 Å². The molecule has 2 aromatic rings. The molecule has 9 nitrogen and oxygen atoms in total. The minimum atomic E-state index is -3.43. The van der Waals surface area contributed by atoms with Crippen LogP contribution >= 0.6 is 11.8 Å². The number of thioether (sulfide) groups is 1. The van der Waals surface area contributed by atoms with Crippen molar-refractivity contribution in [1.82, 2.24) is 15.8 Å². The predicted octanol–water partition coefficient (Wildman–Crippen LogP) is 0.768. The maximum atomic E-state index is 12.3. The Hall–Kier alpha value is -2.92. The van der Waals surface area contributed by atoms with Gasteiger partial charge in [-0.2, -0.15) is 0 Å². The summed E-state index contributed by atoms with van der Waals surface area (Å²) in [6, 6.07) is 9.85. The van der Waals surface area contributed by atoms with Crippen LogP contribution < -0.4 is 15.8 Å². The first-order valence-electron chi connectivity index (χ1n) is 7.87. The summed E-state index contributed by atoms with van der Waals surface area (Å²) in [7, 11) is -3.43. The Balaban J connectivity index is 1.47. The third-order valence-corrected chi connectivity index (χ3v) is 6.23. The van der Waals surface area contributed by atoms with Gasteiger partial charge in [-0.1, -0.05) is 6.07 Å². The van der Waals surface area contributed by atoms with Gasteiger partial charge in [0, 0.05) is 23.2 Å². The molecule has 2 aliphatic rings. The minimum Gasteiger partial charge on any atom is -0.318 e. The minimum absolute atomic E-state index is 0.0434. The summed E-state index contributed by atoms with van der Waals surface area (Å²) < 4.78 is 27.1. The number of carbonyl (C=O) groups is 2. The summed E-state index contributed by atoms with van der Waals surface area (Å²) in [6.45, 7) is 0.326. The Bertz CT molecular complexity index is 1070. The Kier molecular flexibility index (Phi) is 4.32. The smallest absolute Gasteiger partial charge is 0.288 e. The van der Waals surface area contributed by atoms with Crippen LogP contribution in [0.3, 0.4) is 0 Å². The van der Waals surface area contributed by atoms with Crippen molar-refractivity contribution in [3.63, 3.8) is 0 Å². The number of benzene rings is 1. The molecule has 0 radical (unpaired) electrons. The molecule has 3 heterocycles. The van der Waals surface area contributed by atoms with Crippen LogP contribution in [0.25, 0.3) is 0 Å². The number of amides is 2. The van der Waals surface area contributed by atoms with Crippen molar-refractivity contribution >= 4 is 44.5 Å². The number of pyridine rings is 1. The number of amidine groups is 1. The molecule has 2 N–H and O–H groups in total. The Morgan fingerprint density at radius 1 is 1.11 bits per heavy atom. The number of fused-ring (bicyclic) bond motifs is 3. The SMILES string of the molecule is O=C(NNC(=O)c1ccccn1)c1ccc2c(c1)SC1=NS(=O)(=O)CCN12. The first-order chi connectivity index (χ1) is 12.9. The Labute approximate surface area is 158 Å². The highest BCUT2D eigenvalue weighted by Gasteiger charge is 2.33. The van der Waals surface area contributed by atoms with E-state index in [4.69, 9.17) is 0 Å². The molecular weight excluding hydrogens is 390 g/mol. The number of nitrogens with zero attached hydrogens (tertiary/aromatic N) is 3. The van der Waals surface area contributed by atoms with Crippen molar-refractivity contribution in [2.45, 2.75) is 4.90 Å². The Morgan fingerprint density at radius 2 is 1.93 bits per heavy atom. The van der Waals surface area contributed by atoms with Crippen LogP contribution in [-0.4, -0.2) is 42.7 Å². The second-order valence-corrected chi connectivity index (χ2v) is 8.48. The molecule has 0 fully saturated rings. The fraction of sp³-hybridized carbons (Fsp3) is 0.125. The summed E-state index contributed by atoms with van der Waals surface area (Å²) in [5.41, 5.74) is 5.95. The molecule has 2 aliphatic heterocycles. The third kappa shape index (κ3) is 3.51. The molecule has 4 rings (SSSR count). The number of nitrogens with one attached hydrogen (secondary N) is 2.